The molecule has 1 aliphatic rings. The fourth-order valence-electron chi connectivity index (χ4n) is 3.84. The molecule has 0 fully saturated rings. The molecule has 0 bridgehead atoms. The number of fused-ring (bicyclic) bond motifs is 2. The number of aromatic nitrogens is 3. The van der Waals surface area contributed by atoms with Crippen LogP contribution in [0.2, 0.25) is 5.02 Å². The van der Waals surface area contributed by atoms with Gasteiger partial charge in [0.05, 0.1) is 12.2 Å². The molecule has 0 unspecified atom stereocenters. The van der Waals surface area contributed by atoms with Gasteiger partial charge in [0.15, 0.2) is 5.75 Å². The van der Waals surface area contributed by atoms with Crippen LogP contribution < -0.4 is 21.1 Å². The number of amides is 4. The Morgan fingerprint density at radius 2 is 1.94 bits per heavy atom. The number of aromatic amines is 1. The normalized spacial score (nSPS) is 12.8. The molecule has 2 aromatic heterocycles. The van der Waals surface area contributed by atoms with Gasteiger partial charge in [-0.25, -0.2) is 14.0 Å². The van der Waals surface area contributed by atoms with Gasteiger partial charge in [-0.05, 0) is 42.8 Å². The zero-order valence-corrected chi connectivity index (χ0v) is 19.9. The van der Waals surface area contributed by atoms with E-state index in [9.17, 15) is 18.8 Å². The smallest absolute Gasteiger partial charge is 0.407 e. The van der Waals surface area contributed by atoms with Crippen LogP contribution in [0.4, 0.5) is 24.7 Å². The highest BCUT2D eigenvalue weighted by Crippen LogP contribution is 2.43. The van der Waals surface area contributed by atoms with E-state index in [4.69, 9.17) is 22.1 Å². The number of halogens is 2. The first-order valence-electron chi connectivity index (χ1n) is 10.5. The molecule has 1 aliphatic heterocycles. The second-order valence-electron chi connectivity index (χ2n) is 7.79. The third-order valence-electron chi connectivity index (χ3n) is 5.47. The molecule has 2 aromatic carbocycles. The summed E-state index contributed by atoms with van der Waals surface area (Å²) in [6.45, 7) is 0.566. The molecule has 0 saturated heterocycles. The summed E-state index contributed by atoms with van der Waals surface area (Å²) in [4.78, 5) is 39.6. The predicted molar refractivity (Wildman–Crippen MR) is 131 cm³/mol. The summed E-state index contributed by atoms with van der Waals surface area (Å²) < 4.78 is 19.2. The summed E-state index contributed by atoms with van der Waals surface area (Å²) in [5.41, 5.74) is 7.47. The molecule has 0 atom stereocenters. The van der Waals surface area contributed by atoms with E-state index in [2.05, 4.69) is 26.0 Å². The van der Waals surface area contributed by atoms with Crippen LogP contribution in [0.3, 0.4) is 0 Å². The average Bonchev–Trinajstić information content (AvgIpc) is 3.44. The number of thiophene rings is 1. The van der Waals surface area contributed by atoms with Crippen molar-refractivity contribution < 1.29 is 23.5 Å². The standard InChI is InChI=1S/C22H17ClFN7O4S/c23-11-2-4-14(13(24)8-11)26-22(34)27-19-18(35-21(25)33)12-5-6-31(9-17(12)36-19)20(32)10-1-3-15-16(7-10)29-30-28-15/h1-4,7-8H,5-6,9H2,(H2,25,33)(H2,26,27,34)(H,28,29,30). The number of primary amides is 1. The average molecular weight is 530 g/mol. The number of nitrogens with two attached hydrogens (primary N) is 1. The van der Waals surface area contributed by atoms with Gasteiger partial charge in [-0.2, -0.15) is 15.4 Å². The van der Waals surface area contributed by atoms with Gasteiger partial charge >= 0.3 is 12.1 Å². The number of ether oxygens (including phenoxy) is 1. The molecule has 0 spiro atoms. The van der Waals surface area contributed by atoms with Crippen molar-refractivity contribution in [3.05, 3.63) is 63.2 Å². The fraction of sp³-hybridized carbons (Fsp3) is 0.136. The van der Waals surface area contributed by atoms with E-state index in [-0.39, 0.29) is 33.9 Å². The molecule has 0 radical (unpaired) electrons. The Bertz CT molecular complexity index is 1520. The minimum atomic E-state index is -1.05. The molecule has 4 aromatic rings. The van der Waals surface area contributed by atoms with Crippen LogP contribution in [0.5, 0.6) is 5.75 Å². The predicted octanol–water partition coefficient (Wildman–Crippen LogP) is 4.11. The first-order valence-corrected chi connectivity index (χ1v) is 11.7. The highest BCUT2D eigenvalue weighted by Gasteiger charge is 2.30. The molecule has 3 heterocycles. The van der Waals surface area contributed by atoms with Crippen LogP contribution in [-0.2, 0) is 13.0 Å². The van der Waals surface area contributed by atoms with Gasteiger partial charge < -0.3 is 20.7 Å². The highest BCUT2D eigenvalue weighted by molar-refractivity contribution is 7.17. The van der Waals surface area contributed by atoms with Gasteiger partial charge in [-0.1, -0.05) is 11.6 Å². The Morgan fingerprint density at radius 3 is 2.72 bits per heavy atom. The van der Waals surface area contributed by atoms with Gasteiger partial charge in [-0.3, -0.25) is 10.1 Å². The summed E-state index contributed by atoms with van der Waals surface area (Å²) in [5, 5.41) is 15.8. The number of nitrogens with one attached hydrogen (secondary N) is 3. The highest BCUT2D eigenvalue weighted by atomic mass is 35.5. The van der Waals surface area contributed by atoms with Crippen molar-refractivity contribution in [3.8, 4) is 5.75 Å². The molecule has 36 heavy (non-hydrogen) atoms. The molecule has 184 valence electrons. The maximum absolute atomic E-state index is 14.1. The third kappa shape index (κ3) is 4.65. The number of carbonyl (C=O) groups excluding carboxylic acids is 3. The van der Waals surface area contributed by atoms with Crippen molar-refractivity contribution in [2.75, 3.05) is 17.2 Å². The zero-order chi connectivity index (χ0) is 25.4. The summed E-state index contributed by atoms with van der Waals surface area (Å²) >= 11 is 6.87. The summed E-state index contributed by atoms with van der Waals surface area (Å²) in [5.74, 6) is -0.818. The SMILES string of the molecule is NC(=O)Oc1c(NC(=O)Nc2ccc(Cl)cc2F)sc2c1CCN(C(=O)c1ccc3n[nH]nc3c1)C2. The Labute approximate surface area is 211 Å². The molecule has 14 heteroatoms. The maximum atomic E-state index is 14.1. The Kier molecular flexibility index (Phi) is 6.16. The molecule has 0 aliphatic carbocycles. The molecular formula is C22H17ClFN7O4S. The van der Waals surface area contributed by atoms with Gasteiger partial charge in [0.25, 0.3) is 5.91 Å². The molecule has 0 saturated carbocycles. The van der Waals surface area contributed by atoms with E-state index >= 15 is 0 Å². The molecule has 4 amide bonds. The molecule has 11 nitrogen and oxygen atoms in total. The first-order chi connectivity index (χ1) is 17.3. The lowest BCUT2D eigenvalue weighted by Gasteiger charge is -2.27. The second kappa shape index (κ2) is 9.43. The van der Waals surface area contributed by atoms with E-state index < -0.39 is 17.9 Å². The van der Waals surface area contributed by atoms with Crippen molar-refractivity contribution in [1.82, 2.24) is 20.3 Å². The number of urea groups is 1. The topological polar surface area (TPSA) is 155 Å². The quantitative estimate of drug-likeness (QED) is 0.312. The van der Waals surface area contributed by atoms with E-state index in [1.165, 1.54) is 12.1 Å². The summed E-state index contributed by atoms with van der Waals surface area (Å²) in [6.07, 6.45) is -0.691. The number of rotatable bonds is 4. The number of hydrogen-bond donors (Lipinski definition) is 4. The van der Waals surface area contributed by atoms with Crippen LogP contribution >= 0.6 is 22.9 Å². The van der Waals surface area contributed by atoms with Gasteiger partial charge in [-0.15, -0.1) is 11.3 Å². The number of anilines is 2. The fourth-order valence-corrected chi connectivity index (χ4v) is 5.19. The minimum Gasteiger partial charge on any atom is -0.407 e. The van der Waals surface area contributed by atoms with Crippen molar-refractivity contribution in [1.29, 1.82) is 0 Å². The minimum absolute atomic E-state index is 0.0866. The molecule has 5 N–H and O–H groups in total. The number of benzene rings is 2. The Balaban J connectivity index is 1.37. The van der Waals surface area contributed by atoms with Gasteiger partial charge in [0.2, 0.25) is 0 Å². The maximum Gasteiger partial charge on any atom is 0.410 e. The lowest BCUT2D eigenvalue weighted by Crippen LogP contribution is -2.35. The molecule has 5 rings (SSSR count). The lowest BCUT2D eigenvalue weighted by atomic mass is 10.1. The number of hydrogen-bond acceptors (Lipinski definition) is 7. The Hall–Kier alpha value is -4.23. The van der Waals surface area contributed by atoms with Crippen LogP contribution in [0.1, 0.15) is 20.8 Å². The van der Waals surface area contributed by atoms with Crippen LogP contribution in [0, 0.1) is 5.82 Å². The van der Waals surface area contributed by atoms with E-state index in [1.54, 1.807) is 23.1 Å². The van der Waals surface area contributed by atoms with Crippen LogP contribution in [-0.4, -0.2) is 44.9 Å². The lowest BCUT2D eigenvalue weighted by molar-refractivity contribution is 0.0736. The van der Waals surface area contributed by atoms with E-state index in [1.807, 2.05) is 0 Å². The van der Waals surface area contributed by atoms with Gasteiger partial charge in [0.1, 0.15) is 21.9 Å². The zero-order valence-electron chi connectivity index (χ0n) is 18.3. The van der Waals surface area contributed by atoms with Crippen LogP contribution in [0.25, 0.3) is 11.0 Å². The van der Waals surface area contributed by atoms with Crippen molar-refractivity contribution in [2.45, 2.75) is 13.0 Å². The Morgan fingerprint density at radius 1 is 1.14 bits per heavy atom. The monoisotopic (exact) mass is 529 g/mol. The van der Waals surface area contributed by atoms with Gasteiger partial charge in [0, 0.05) is 27.6 Å². The second-order valence-corrected chi connectivity index (χ2v) is 9.33. The third-order valence-corrected chi connectivity index (χ3v) is 6.82. The number of nitrogens with zero attached hydrogens (tertiary/aromatic N) is 3. The van der Waals surface area contributed by atoms with Crippen LogP contribution in [0.15, 0.2) is 36.4 Å². The largest absolute Gasteiger partial charge is 0.410 e. The summed E-state index contributed by atoms with van der Waals surface area (Å²) in [6, 6.07) is 8.07. The van der Waals surface area contributed by atoms with Crippen molar-refractivity contribution in [3.63, 3.8) is 0 Å². The van der Waals surface area contributed by atoms with Crippen molar-refractivity contribution in [2.24, 2.45) is 5.73 Å². The first kappa shape index (κ1) is 23.5. The number of H-pyrrole nitrogens is 1. The van der Waals surface area contributed by atoms with E-state index in [0.29, 0.717) is 40.0 Å². The summed E-state index contributed by atoms with van der Waals surface area (Å²) in [7, 11) is 0. The van der Waals surface area contributed by atoms with E-state index in [0.717, 1.165) is 17.4 Å². The number of carbonyl (C=O) groups is 3. The van der Waals surface area contributed by atoms with Crippen molar-refractivity contribution >= 4 is 62.7 Å². The molecular weight excluding hydrogens is 513 g/mol.